The minimum atomic E-state index is -0.0846. The normalized spacial score (nSPS) is 28.0. The number of nitrogens with one attached hydrogen (secondary N) is 1. The van der Waals surface area contributed by atoms with Crippen LogP contribution in [-0.4, -0.2) is 50.0 Å². The number of carbonyl (C=O) groups is 1. The molecule has 2 aromatic rings. The zero-order valence-electron chi connectivity index (χ0n) is 14.1. The SMILES string of the molecule is O=C(Nc1ccccc1)C1CN2CCC1CC2Cn1cc(CO)nn1. The number of aliphatic hydroxyl groups is 1. The highest BCUT2D eigenvalue weighted by Gasteiger charge is 2.43. The van der Waals surface area contributed by atoms with Crippen molar-refractivity contribution in [3.05, 3.63) is 42.2 Å². The van der Waals surface area contributed by atoms with Crippen LogP contribution < -0.4 is 5.32 Å². The molecule has 4 atom stereocenters. The van der Waals surface area contributed by atoms with Crippen LogP contribution in [0.2, 0.25) is 0 Å². The Morgan fingerprint density at radius 2 is 2.16 bits per heavy atom. The Bertz CT molecular complexity index is 732. The number of hydrogen-bond donors (Lipinski definition) is 2. The van der Waals surface area contributed by atoms with Crippen LogP contribution >= 0.6 is 0 Å². The fraction of sp³-hybridized carbons (Fsp3) is 0.500. The first-order chi connectivity index (χ1) is 12.2. The molecule has 2 bridgehead atoms. The number of piperidine rings is 3. The summed E-state index contributed by atoms with van der Waals surface area (Å²) in [5.41, 5.74) is 1.45. The van der Waals surface area contributed by atoms with E-state index in [0.29, 0.717) is 17.7 Å². The molecule has 0 radical (unpaired) electrons. The van der Waals surface area contributed by atoms with Crippen molar-refractivity contribution < 1.29 is 9.90 Å². The molecule has 7 heteroatoms. The Morgan fingerprint density at radius 1 is 1.32 bits per heavy atom. The predicted octanol–water partition coefficient (Wildman–Crippen LogP) is 1.12. The van der Waals surface area contributed by atoms with Crippen molar-refractivity contribution >= 4 is 11.6 Å². The Morgan fingerprint density at radius 3 is 2.84 bits per heavy atom. The van der Waals surface area contributed by atoms with E-state index in [1.165, 1.54) is 0 Å². The van der Waals surface area contributed by atoms with Gasteiger partial charge in [0, 0.05) is 18.3 Å². The summed E-state index contributed by atoms with van der Waals surface area (Å²) >= 11 is 0. The van der Waals surface area contributed by atoms with Crippen LogP contribution in [0.15, 0.2) is 36.5 Å². The number of aliphatic hydroxyl groups excluding tert-OH is 1. The minimum Gasteiger partial charge on any atom is -0.390 e. The zero-order valence-corrected chi connectivity index (χ0v) is 14.1. The summed E-state index contributed by atoms with van der Waals surface area (Å²) in [5, 5.41) is 20.2. The largest absolute Gasteiger partial charge is 0.390 e. The second kappa shape index (κ2) is 6.93. The number of rotatable bonds is 5. The Hall–Kier alpha value is -2.25. The molecule has 3 fully saturated rings. The maximum absolute atomic E-state index is 12.7. The standard InChI is InChI=1S/C18H23N5O2/c24-12-15-9-23(21-20-15)10-16-8-13-6-7-22(16)11-17(13)18(25)19-14-4-2-1-3-5-14/h1-5,9,13,16-17,24H,6-8,10-12H2,(H,19,25). The van der Waals surface area contributed by atoms with Gasteiger partial charge in [-0.2, -0.15) is 0 Å². The maximum atomic E-state index is 12.7. The molecular formula is C18H23N5O2. The molecule has 1 aromatic carbocycles. The Balaban J connectivity index is 1.38. The van der Waals surface area contributed by atoms with Crippen LogP contribution in [0, 0.1) is 11.8 Å². The average Bonchev–Trinajstić information content (AvgIpc) is 3.10. The van der Waals surface area contributed by atoms with Gasteiger partial charge in [0.1, 0.15) is 5.69 Å². The summed E-state index contributed by atoms with van der Waals surface area (Å²) in [7, 11) is 0. The highest BCUT2D eigenvalue weighted by atomic mass is 16.3. The third-order valence-corrected chi connectivity index (χ3v) is 5.40. The molecule has 0 saturated carbocycles. The van der Waals surface area contributed by atoms with Crippen LogP contribution in [0.1, 0.15) is 18.5 Å². The van der Waals surface area contributed by atoms with Gasteiger partial charge in [-0.15, -0.1) is 5.10 Å². The van der Waals surface area contributed by atoms with Crippen LogP contribution in [0.5, 0.6) is 0 Å². The molecule has 3 aliphatic heterocycles. The van der Waals surface area contributed by atoms with E-state index >= 15 is 0 Å². The van der Waals surface area contributed by atoms with E-state index in [9.17, 15) is 4.79 Å². The number of aromatic nitrogens is 3. The van der Waals surface area contributed by atoms with Crippen LogP contribution in [0.4, 0.5) is 5.69 Å². The first-order valence-corrected chi connectivity index (χ1v) is 8.83. The van der Waals surface area contributed by atoms with Gasteiger partial charge in [-0.05, 0) is 37.4 Å². The molecule has 4 heterocycles. The van der Waals surface area contributed by atoms with E-state index in [1.807, 2.05) is 30.3 Å². The molecule has 1 aromatic heterocycles. The summed E-state index contributed by atoms with van der Waals surface area (Å²) in [6.45, 7) is 2.51. The Labute approximate surface area is 146 Å². The number of nitrogens with zero attached hydrogens (tertiary/aromatic N) is 4. The maximum Gasteiger partial charge on any atom is 0.229 e. The number of fused-ring (bicyclic) bond motifs is 3. The van der Waals surface area contributed by atoms with Gasteiger partial charge in [0.05, 0.1) is 25.3 Å². The molecule has 7 nitrogen and oxygen atoms in total. The molecule has 1 amide bonds. The van der Waals surface area contributed by atoms with Crippen LogP contribution in [-0.2, 0) is 17.9 Å². The molecule has 3 saturated heterocycles. The van der Waals surface area contributed by atoms with Crippen LogP contribution in [0.3, 0.4) is 0 Å². The van der Waals surface area contributed by atoms with Crippen LogP contribution in [0.25, 0.3) is 0 Å². The van der Waals surface area contributed by atoms with Crippen molar-refractivity contribution in [2.24, 2.45) is 11.8 Å². The third kappa shape index (κ3) is 3.43. The van der Waals surface area contributed by atoms with E-state index in [1.54, 1.807) is 10.9 Å². The van der Waals surface area contributed by atoms with Crippen molar-refractivity contribution in [1.29, 1.82) is 0 Å². The minimum absolute atomic E-state index is 0.0500. The number of benzene rings is 1. The van der Waals surface area contributed by atoms with Gasteiger partial charge >= 0.3 is 0 Å². The monoisotopic (exact) mass is 341 g/mol. The van der Waals surface area contributed by atoms with E-state index in [-0.39, 0.29) is 18.4 Å². The number of anilines is 1. The molecular weight excluding hydrogens is 318 g/mol. The Kier molecular flexibility index (Phi) is 4.50. The first-order valence-electron chi connectivity index (χ1n) is 8.83. The fourth-order valence-electron chi connectivity index (χ4n) is 4.10. The van der Waals surface area contributed by atoms with Gasteiger partial charge in [-0.25, -0.2) is 0 Å². The van der Waals surface area contributed by atoms with Crippen molar-refractivity contribution in [1.82, 2.24) is 19.9 Å². The van der Waals surface area contributed by atoms with Crippen molar-refractivity contribution in [2.75, 3.05) is 18.4 Å². The predicted molar refractivity (Wildman–Crippen MR) is 92.6 cm³/mol. The van der Waals surface area contributed by atoms with E-state index in [2.05, 4.69) is 20.5 Å². The number of hydrogen-bond acceptors (Lipinski definition) is 5. The molecule has 4 unspecified atom stereocenters. The molecule has 132 valence electrons. The average molecular weight is 341 g/mol. The lowest BCUT2D eigenvalue weighted by Crippen LogP contribution is -2.57. The molecule has 25 heavy (non-hydrogen) atoms. The quantitative estimate of drug-likeness (QED) is 0.851. The molecule has 0 spiro atoms. The number of amides is 1. The van der Waals surface area contributed by atoms with Crippen molar-refractivity contribution in [3.63, 3.8) is 0 Å². The van der Waals surface area contributed by atoms with Gasteiger partial charge in [0.2, 0.25) is 5.91 Å². The topological polar surface area (TPSA) is 83.3 Å². The summed E-state index contributed by atoms with van der Waals surface area (Å²) in [4.78, 5) is 15.1. The summed E-state index contributed by atoms with van der Waals surface area (Å²) in [6, 6.07) is 10.0. The summed E-state index contributed by atoms with van der Waals surface area (Å²) < 4.78 is 1.80. The lowest BCUT2D eigenvalue weighted by molar-refractivity contribution is -0.127. The molecule has 3 aliphatic rings. The van der Waals surface area contributed by atoms with Gasteiger partial charge in [-0.1, -0.05) is 23.4 Å². The smallest absolute Gasteiger partial charge is 0.229 e. The molecule has 5 rings (SSSR count). The molecule has 2 N–H and O–H groups in total. The molecule has 0 aliphatic carbocycles. The number of para-hydroxylation sites is 1. The van der Waals surface area contributed by atoms with E-state index in [4.69, 9.17) is 5.11 Å². The zero-order chi connectivity index (χ0) is 17.2. The van der Waals surface area contributed by atoms with E-state index in [0.717, 1.165) is 38.2 Å². The van der Waals surface area contributed by atoms with Crippen molar-refractivity contribution in [3.8, 4) is 0 Å². The highest BCUT2D eigenvalue weighted by molar-refractivity contribution is 5.93. The highest BCUT2D eigenvalue weighted by Crippen LogP contribution is 2.37. The lowest BCUT2D eigenvalue weighted by atomic mass is 9.75. The lowest BCUT2D eigenvalue weighted by Gasteiger charge is -2.49. The number of carbonyl (C=O) groups excluding carboxylic acids is 1. The van der Waals surface area contributed by atoms with E-state index < -0.39 is 0 Å². The second-order valence-corrected chi connectivity index (χ2v) is 6.99. The third-order valence-electron chi connectivity index (χ3n) is 5.40. The van der Waals surface area contributed by atoms with Crippen molar-refractivity contribution in [2.45, 2.75) is 32.0 Å². The first kappa shape index (κ1) is 16.2. The van der Waals surface area contributed by atoms with Gasteiger partial charge in [0.15, 0.2) is 0 Å². The van der Waals surface area contributed by atoms with Gasteiger partial charge in [-0.3, -0.25) is 14.4 Å². The second-order valence-electron chi connectivity index (χ2n) is 6.99. The summed E-state index contributed by atoms with van der Waals surface area (Å²) in [5.74, 6) is 0.594. The van der Waals surface area contributed by atoms with Gasteiger partial charge in [0.25, 0.3) is 0 Å². The van der Waals surface area contributed by atoms with Gasteiger partial charge < -0.3 is 10.4 Å². The summed E-state index contributed by atoms with van der Waals surface area (Å²) in [6.07, 6.45) is 3.87. The fourth-order valence-corrected chi connectivity index (χ4v) is 4.10.